The van der Waals surface area contributed by atoms with Gasteiger partial charge in [-0.3, -0.25) is 23.5 Å². The van der Waals surface area contributed by atoms with E-state index in [1.165, 1.54) is 0 Å². The van der Waals surface area contributed by atoms with Crippen molar-refractivity contribution >= 4 is 34.7 Å². The lowest BCUT2D eigenvalue weighted by molar-refractivity contribution is -0.141. The molecule has 0 radical (unpaired) electrons. The predicted octanol–water partition coefficient (Wildman–Crippen LogP) is 1.20. The molecule has 1 aliphatic heterocycles. The van der Waals surface area contributed by atoms with Crippen molar-refractivity contribution in [2.75, 3.05) is 12.3 Å². The van der Waals surface area contributed by atoms with Gasteiger partial charge in [0.1, 0.15) is 6.23 Å². The highest BCUT2D eigenvalue weighted by Crippen LogP contribution is 2.34. The molecular weight excluding hydrogens is 562 g/mol. The number of hydrogen-bond acceptors (Lipinski definition) is 8. The number of hydrogen-bond donors (Lipinski definition) is 5. The summed E-state index contributed by atoms with van der Waals surface area (Å²) in [5, 5.41) is 22.9. The summed E-state index contributed by atoms with van der Waals surface area (Å²) in [5.41, 5.74) is -1.47. The zero-order chi connectivity index (χ0) is 30.7. The number of amides is 4. The fraction of sp³-hybridized carbons (Fsp3) is 0.862. The minimum absolute atomic E-state index is 0.0358. The van der Waals surface area contributed by atoms with Crippen LogP contribution in [0.15, 0.2) is 0 Å². The first kappa shape index (κ1) is 32.8. The summed E-state index contributed by atoms with van der Waals surface area (Å²) in [5.74, 6) is -1.57. The summed E-state index contributed by atoms with van der Waals surface area (Å²) in [6.45, 7) is 6.03. The summed E-state index contributed by atoms with van der Waals surface area (Å²) in [7, 11) is 0. The van der Waals surface area contributed by atoms with Gasteiger partial charge in [-0.2, -0.15) is 0 Å². The molecule has 0 aromatic carbocycles. The number of Topliss-reactive ketones (excluding diaryl/α,β-unsaturated/α-hetero) is 1. The second-order valence-corrected chi connectivity index (χ2v) is 14.8. The van der Waals surface area contributed by atoms with Crippen molar-refractivity contribution in [3.8, 4) is 0 Å². The molecule has 4 amide bonds. The van der Waals surface area contributed by atoms with Crippen molar-refractivity contribution in [3.63, 3.8) is 0 Å². The fourth-order valence-corrected chi connectivity index (χ4v) is 7.14. The number of aliphatic hydroxyl groups is 1. The lowest BCUT2D eigenvalue weighted by atomic mass is 9.83. The van der Waals surface area contributed by atoms with E-state index in [9.17, 15) is 33.0 Å². The Kier molecular flexibility index (Phi) is 10.7. The summed E-state index contributed by atoms with van der Waals surface area (Å²) in [6.07, 6.45) is 7.67. The van der Waals surface area contributed by atoms with Crippen molar-refractivity contribution in [2.24, 2.45) is 11.3 Å². The Bertz CT molecular complexity index is 1040. The molecule has 0 aromatic heterocycles. The Balaban J connectivity index is 1.43. The van der Waals surface area contributed by atoms with E-state index in [1.54, 1.807) is 4.90 Å². The van der Waals surface area contributed by atoms with Crippen LogP contribution in [0, 0.1) is 11.3 Å². The molecule has 4 rings (SSSR count). The molecule has 2 unspecified atom stereocenters. The van der Waals surface area contributed by atoms with Crippen molar-refractivity contribution in [3.05, 3.63) is 0 Å². The first-order chi connectivity index (χ1) is 19.8. The van der Waals surface area contributed by atoms with Gasteiger partial charge in [0, 0.05) is 18.3 Å². The van der Waals surface area contributed by atoms with Crippen molar-refractivity contribution in [1.29, 1.82) is 0 Å². The van der Waals surface area contributed by atoms with E-state index in [0.29, 0.717) is 44.6 Å². The lowest BCUT2D eigenvalue weighted by Crippen LogP contribution is -2.64. The van der Waals surface area contributed by atoms with Gasteiger partial charge in [0.25, 0.3) is 5.91 Å². The normalized spacial score (nSPS) is 25.5. The minimum Gasteiger partial charge on any atom is -0.772 e. The van der Waals surface area contributed by atoms with Crippen molar-refractivity contribution < 1.29 is 33.0 Å². The van der Waals surface area contributed by atoms with Gasteiger partial charge < -0.3 is 30.9 Å². The highest BCUT2D eigenvalue weighted by atomic mass is 32.2. The fourth-order valence-electron chi connectivity index (χ4n) is 6.32. The van der Waals surface area contributed by atoms with E-state index in [1.807, 2.05) is 20.8 Å². The number of rotatable bonds is 13. The number of urea groups is 1. The molecule has 5 atom stereocenters. The first-order valence-corrected chi connectivity index (χ1v) is 16.8. The second-order valence-electron chi connectivity index (χ2n) is 13.9. The average Bonchev–Trinajstić information content (AvgIpc) is 3.84. The summed E-state index contributed by atoms with van der Waals surface area (Å²) in [6, 6.07) is -2.96. The molecular formula is C29H48N5O7S-. The number of nitrogens with zero attached hydrogens (tertiary/aromatic N) is 1. The molecule has 4 aliphatic rings. The Morgan fingerprint density at radius 1 is 1.00 bits per heavy atom. The van der Waals surface area contributed by atoms with E-state index < -0.39 is 70.0 Å². The molecule has 0 spiro atoms. The summed E-state index contributed by atoms with van der Waals surface area (Å²) < 4.78 is 23.2. The maximum absolute atomic E-state index is 13.5. The maximum Gasteiger partial charge on any atom is 0.315 e. The zero-order valence-corrected chi connectivity index (χ0v) is 25.9. The Hall–Kier alpha value is -2.09. The molecule has 0 bridgehead atoms. The number of carbonyl (C=O) groups excluding carboxylic acids is 4. The van der Waals surface area contributed by atoms with Crippen LogP contribution in [-0.2, 0) is 25.5 Å². The highest BCUT2D eigenvalue weighted by molar-refractivity contribution is 7.79. The maximum atomic E-state index is 13.5. The van der Waals surface area contributed by atoms with Gasteiger partial charge in [-0.05, 0) is 56.3 Å². The zero-order valence-electron chi connectivity index (χ0n) is 25.1. The number of nitrogens with one attached hydrogen (secondary N) is 4. The standard InChI is InChI=1S/C29H49N5O7S/c1-28(2,3)23(32-27(39)33-29(17-42(40)41)13-5-4-6-14-29)26(38)34-15-7-8-21(34)24(36)31-20(16-18-9-10-18)22(35)25(37)30-19-11-12-19/h18-21,23,26,38H,4-17H2,1-3H3,(H,30,37)(H,31,36)(H,40,41)(H2,32,33,39)/p-1/t20-,21-,23+,26?/m0/s1. The van der Waals surface area contributed by atoms with E-state index in [0.717, 1.165) is 44.9 Å². The molecule has 4 fully saturated rings. The monoisotopic (exact) mass is 610 g/mol. The molecule has 5 N–H and O–H groups in total. The predicted molar refractivity (Wildman–Crippen MR) is 156 cm³/mol. The van der Waals surface area contributed by atoms with Crippen LogP contribution >= 0.6 is 0 Å². The molecule has 3 saturated carbocycles. The molecule has 238 valence electrons. The van der Waals surface area contributed by atoms with Crippen LogP contribution in [0.1, 0.15) is 97.8 Å². The first-order valence-electron chi connectivity index (χ1n) is 15.5. The van der Waals surface area contributed by atoms with Gasteiger partial charge in [-0.15, -0.1) is 0 Å². The molecule has 0 aromatic rings. The molecule has 1 saturated heterocycles. The van der Waals surface area contributed by atoms with E-state index in [2.05, 4.69) is 21.3 Å². The van der Waals surface area contributed by atoms with Crippen molar-refractivity contribution in [2.45, 2.75) is 134 Å². The third kappa shape index (κ3) is 8.96. The third-order valence-corrected chi connectivity index (χ3v) is 9.86. The lowest BCUT2D eigenvalue weighted by Gasteiger charge is -2.43. The van der Waals surface area contributed by atoms with Crippen LogP contribution < -0.4 is 21.3 Å². The highest BCUT2D eigenvalue weighted by Gasteiger charge is 2.45. The molecule has 12 nitrogen and oxygen atoms in total. The third-order valence-electron chi connectivity index (χ3n) is 9.07. The number of aliphatic hydroxyl groups excluding tert-OH is 1. The Morgan fingerprint density at radius 3 is 2.24 bits per heavy atom. The largest absolute Gasteiger partial charge is 0.772 e. The Labute approximate surface area is 251 Å². The van der Waals surface area contributed by atoms with E-state index in [-0.39, 0.29) is 11.8 Å². The van der Waals surface area contributed by atoms with Crippen LogP contribution in [0.2, 0.25) is 0 Å². The molecule has 1 heterocycles. The topological polar surface area (TPSA) is 180 Å². The minimum atomic E-state index is -2.32. The molecule has 13 heteroatoms. The molecule has 42 heavy (non-hydrogen) atoms. The van der Waals surface area contributed by atoms with Gasteiger partial charge in [0.15, 0.2) is 0 Å². The second kappa shape index (κ2) is 13.7. The van der Waals surface area contributed by atoms with Crippen LogP contribution in [0.4, 0.5) is 4.79 Å². The summed E-state index contributed by atoms with van der Waals surface area (Å²) >= 11 is -2.32. The summed E-state index contributed by atoms with van der Waals surface area (Å²) in [4.78, 5) is 53.9. The number of likely N-dealkylation sites (tertiary alicyclic amines) is 1. The number of carbonyl (C=O) groups is 4. The van der Waals surface area contributed by atoms with Gasteiger partial charge in [-0.25, -0.2) is 4.79 Å². The van der Waals surface area contributed by atoms with Gasteiger partial charge >= 0.3 is 6.03 Å². The van der Waals surface area contributed by atoms with Crippen LogP contribution in [0.3, 0.4) is 0 Å². The van der Waals surface area contributed by atoms with E-state index in [4.69, 9.17) is 0 Å². The average molecular weight is 611 g/mol. The number of ketones is 1. The van der Waals surface area contributed by atoms with Crippen molar-refractivity contribution in [1.82, 2.24) is 26.2 Å². The molecule has 3 aliphatic carbocycles. The van der Waals surface area contributed by atoms with Gasteiger partial charge in [-0.1, -0.05) is 64.0 Å². The van der Waals surface area contributed by atoms with Crippen LogP contribution in [-0.4, -0.2) is 90.6 Å². The Morgan fingerprint density at radius 2 is 1.67 bits per heavy atom. The van der Waals surface area contributed by atoms with Crippen LogP contribution in [0.25, 0.3) is 0 Å². The quantitative estimate of drug-likeness (QED) is 0.152. The SMILES string of the molecule is CC(C)(C)[C@H](NC(=O)NC1(CS(=O)[O-])CCCCC1)C(O)N1CCC[C@H]1C(=O)N[C@@H](CC1CC1)C(=O)C(=O)NC1CC1. The van der Waals surface area contributed by atoms with Gasteiger partial charge in [0.2, 0.25) is 11.7 Å². The van der Waals surface area contributed by atoms with E-state index >= 15 is 0 Å². The van der Waals surface area contributed by atoms with Gasteiger partial charge in [0.05, 0.1) is 23.7 Å². The van der Waals surface area contributed by atoms with Crippen LogP contribution in [0.5, 0.6) is 0 Å². The smallest absolute Gasteiger partial charge is 0.315 e.